The highest BCUT2D eigenvalue weighted by Gasteiger charge is 2.27. The highest BCUT2D eigenvalue weighted by molar-refractivity contribution is 5.37. The molecule has 1 aromatic carbocycles. The van der Waals surface area contributed by atoms with E-state index in [0.717, 1.165) is 25.3 Å². The van der Waals surface area contributed by atoms with Gasteiger partial charge in [0.1, 0.15) is 5.75 Å². The Labute approximate surface area is 116 Å². The first-order valence-electron chi connectivity index (χ1n) is 6.91. The van der Waals surface area contributed by atoms with Gasteiger partial charge in [0.15, 0.2) is 0 Å². The second-order valence-corrected chi connectivity index (χ2v) is 5.34. The minimum Gasteiger partial charge on any atom is -0.496 e. The second kappa shape index (κ2) is 6.22. The van der Waals surface area contributed by atoms with Crippen molar-refractivity contribution in [2.45, 2.75) is 32.4 Å². The number of hydrogen-bond donors (Lipinski definition) is 1. The number of benzene rings is 1. The number of hydrogen-bond acceptors (Lipinski definition) is 3. The lowest BCUT2D eigenvalue weighted by Crippen LogP contribution is -2.41. The molecule has 1 aliphatic heterocycles. The van der Waals surface area contributed by atoms with Crippen molar-refractivity contribution in [2.24, 2.45) is 5.73 Å². The SMILES string of the molecule is COc1ccccc1C(C(C)N)N1CC=C(C)CC1. The topological polar surface area (TPSA) is 38.5 Å². The van der Waals surface area contributed by atoms with Crippen molar-refractivity contribution in [3.8, 4) is 5.75 Å². The zero-order valence-corrected chi connectivity index (χ0v) is 12.1. The van der Waals surface area contributed by atoms with Crippen LogP contribution in [-0.4, -0.2) is 31.1 Å². The smallest absolute Gasteiger partial charge is 0.123 e. The van der Waals surface area contributed by atoms with Crippen LogP contribution in [0.5, 0.6) is 5.75 Å². The van der Waals surface area contributed by atoms with Gasteiger partial charge >= 0.3 is 0 Å². The number of methoxy groups -OCH3 is 1. The Kier molecular flexibility index (Phi) is 4.61. The third-order valence-corrected chi connectivity index (χ3v) is 3.82. The Bertz CT molecular complexity index is 454. The predicted molar refractivity (Wildman–Crippen MR) is 79.3 cm³/mol. The van der Waals surface area contributed by atoms with Crippen molar-refractivity contribution in [3.63, 3.8) is 0 Å². The summed E-state index contributed by atoms with van der Waals surface area (Å²) in [5.41, 5.74) is 8.90. The van der Waals surface area contributed by atoms with Crippen molar-refractivity contribution < 1.29 is 4.74 Å². The van der Waals surface area contributed by atoms with E-state index >= 15 is 0 Å². The van der Waals surface area contributed by atoms with Gasteiger partial charge in [-0.15, -0.1) is 0 Å². The van der Waals surface area contributed by atoms with Gasteiger partial charge in [-0.3, -0.25) is 4.90 Å². The molecule has 2 unspecified atom stereocenters. The lowest BCUT2D eigenvalue weighted by atomic mass is 9.96. The molecule has 0 amide bonds. The molecule has 1 aliphatic rings. The van der Waals surface area contributed by atoms with Crippen LogP contribution in [-0.2, 0) is 0 Å². The van der Waals surface area contributed by atoms with Crippen LogP contribution in [0, 0.1) is 0 Å². The molecule has 0 saturated carbocycles. The molecule has 3 heteroatoms. The van der Waals surface area contributed by atoms with Crippen LogP contribution >= 0.6 is 0 Å². The van der Waals surface area contributed by atoms with Crippen LogP contribution < -0.4 is 10.5 Å². The summed E-state index contributed by atoms with van der Waals surface area (Å²) in [5.74, 6) is 0.927. The summed E-state index contributed by atoms with van der Waals surface area (Å²) in [6.45, 7) is 6.30. The van der Waals surface area contributed by atoms with Gasteiger partial charge < -0.3 is 10.5 Å². The molecule has 0 spiro atoms. The van der Waals surface area contributed by atoms with E-state index in [2.05, 4.69) is 37.0 Å². The highest BCUT2D eigenvalue weighted by Crippen LogP contribution is 2.32. The standard InChI is InChI=1S/C16H24N2O/c1-12-8-10-18(11-9-12)16(13(2)17)14-6-4-5-7-15(14)19-3/h4-8,13,16H,9-11,17H2,1-3H3. The van der Waals surface area contributed by atoms with Gasteiger partial charge in [0.2, 0.25) is 0 Å². The molecule has 0 bridgehead atoms. The average Bonchev–Trinajstić information content (AvgIpc) is 2.41. The molecule has 0 saturated heterocycles. The van der Waals surface area contributed by atoms with Crippen molar-refractivity contribution in [1.82, 2.24) is 4.90 Å². The Hall–Kier alpha value is -1.32. The molecule has 3 nitrogen and oxygen atoms in total. The zero-order chi connectivity index (χ0) is 13.8. The molecule has 0 aromatic heterocycles. The molecule has 1 aromatic rings. The second-order valence-electron chi connectivity index (χ2n) is 5.34. The van der Waals surface area contributed by atoms with Crippen molar-refractivity contribution in [3.05, 3.63) is 41.5 Å². The Balaban J connectivity index is 2.30. The fraction of sp³-hybridized carbons (Fsp3) is 0.500. The van der Waals surface area contributed by atoms with E-state index in [0.29, 0.717) is 0 Å². The summed E-state index contributed by atoms with van der Waals surface area (Å²) in [5, 5.41) is 0. The summed E-state index contributed by atoms with van der Waals surface area (Å²) in [6.07, 6.45) is 3.42. The van der Waals surface area contributed by atoms with E-state index < -0.39 is 0 Å². The van der Waals surface area contributed by atoms with Crippen LogP contribution in [0.4, 0.5) is 0 Å². The van der Waals surface area contributed by atoms with Crippen LogP contribution in [0.1, 0.15) is 31.9 Å². The molecule has 104 valence electrons. The summed E-state index contributed by atoms with van der Waals surface area (Å²) in [4.78, 5) is 2.44. The van der Waals surface area contributed by atoms with E-state index in [1.165, 1.54) is 11.1 Å². The number of rotatable bonds is 4. The Morgan fingerprint density at radius 3 is 2.63 bits per heavy atom. The highest BCUT2D eigenvalue weighted by atomic mass is 16.5. The molecule has 0 radical (unpaired) electrons. The molecule has 19 heavy (non-hydrogen) atoms. The van der Waals surface area contributed by atoms with E-state index in [9.17, 15) is 0 Å². The zero-order valence-electron chi connectivity index (χ0n) is 12.1. The lowest BCUT2D eigenvalue weighted by Gasteiger charge is -2.36. The lowest BCUT2D eigenvalue weighted by molar-refractivity contribution is 0.186. The molecule has 2 rings (SSSR count). The summed E-state index contributed by atoms with van der Waals surface area (Å²) < 4.78 is 5.49. The quantitative estimate of drug-likeness (QED) is 0.846. The number of nitrogens with two attached hydrogens (primary N) is 1. The van der Waals surface area contributed by atoms with Gasteiger partial charge in [-0.05, 0) is 26.3 Å². The van der Waals surface area contributed by atoms with Crippen LogP contribution in [0.15, 0.2) is 35.9 Å². The van der Waals surface area contributed by atoms with Crippen molar-refractivity contribution >= 4 is 0 Å². The van der Waals surface area contributed by atoms with Gasteiger partial charge in [0, 0.05) is 24.7 Å². The largest absolute Gasteiger partial charge is 0.496 e. The maximum absolute atomic E-state index is 6.24. The maximum Gasteiger partial charge on any atom is 0.123 e. The molecule has 2 atom stereocenters. The average molecular weight is 260 g/mol. The van der Waals surface area contributed by atoms with Crippen LogP contribution in [0.2, 0.25) is 0 Å². The molecule has 1 heterocycles. The number of ether oxygens (including phenoxy) is 1. The summed E-state index contributed by atoms with van der Waals surface area (Å²) in [7, 11) is 1.72. The van der Waals surface area contributed by atoms with E-state index in [1.807, 2.05) is 12.1 Å². The third-order valence-electron chi connectivity index (χ3n) is 3.82. The molecular formula is C16H24N2O. The first-order chi connectivity index (χ1) is 9.13. The van der Waals surface area contributed by atoms with Gasteiger partial charge in [0.05, 0.1) is 13.2 Å². The molecular weight excluding hydrogens is 236 g/mol. The first-order valence-corrected chi connectivity index (χ1v) is 6.91. The van der Waals surface area contributed by atoms with Gasteiger partial charge in [-0.2, -0.15) is 0 Å². The van der Waals surface area contributed by atoms with Gasteiger partial charge in [-0.25, -0.2) is 0 Å². The maximum atomic E-state index is 6.24. The fourth-order valence-electron chi connectivity index (χ4n) is 2.76. The number of para-hydroxylation sites is 1. The predicted octanol–water partition coefficient (Wildman–Crippen LogP) is 2.74. The van der Waals surface area contributed by atoms with E-state index in [1.54, 1.807) is 7.11 Å². The number of nitrogens with zero attached hydrogens (tertiary/aromatic N) is 1. The van der Waals surface area contributed by atoms with Gasteiger partial charge in [-0.1, -0.05) is 29.8 Å². The summed E-state index contributed by atoms with van der Waals surface area (Å²) in [6, 6.07) is 8.47. The van der Waals surface area contributed by atoms with Crippen LogP contribution in [0.3, 0.4) is 0 Å². The Morgan fingerprint density at radius 2 is 2.05 bits per heavy atom. The van der Waals surface area contributed by atoms with E-state index in [4.69, 9.17) is 10.5 Å². The van der Waals surface area contributed by atoms with E-state index in [-0.39, 0.29) is 12.1 Å². The third kappa shape index (κ3) is 3.17. The normalized spacial score (nSPS) is 19.7. The minimum atomic E-state index is 0.0723. The minimum absolute atomic E-state index is 0.0723. The van der Waals surface area contributed by atoms with Gasteiger partial charge in [0.25, 0.3) is 0 Å². The van der Waals surface area contributed by atoms with Crippen LogP contribution in [0.25, 0.3) is 0 Å². The molecule has 2 N–H and O–H groups in total. The first kappa shape index (κ1) is 14.1. The molecule has 0 fully saturated rings. The Morgan fingerprint density at radius 1 is 1.32 bits per heavy atom. The summed E-state index contributed by atoms with van der Waals surface area (Å²) >= 11 is 0. The van der Waals surface area contributed by atoms with Crippen molar-refractivity contribution in [1.29, 1.82) is 0 Å². The fourth-order valence-corrected chi connectivity index (χ4v) is 2.76. The molecule has 0 aliphatic carbocycles. The van der Waals surface area contributed by atoms with Crippen molar-refractivity contribution in [2.75, 3.05) is 20.2 Å². The monoisotopic (exact) mass is 260 g/mol.